The van der Waals surface area contributed by atoms with Crippen LogP contribution in [0.15, 0.2) is 48.5 Å². The second-order valence-electron chi connectivity index (χ2n) is 6.37. The molecule has 3 aromatic rings. The molecular weight excluding hydrogens is 378 g/mol. The molecule has 1 amide bonds. The molecule has 0 aliphatic carbocycles. The third-order valence-electron chi connectivity index (χ3n) is 4.28. The van der Waals surface area contributed by atoms with Crippen molar-refractivity contribution in [1.82, 2.24) is 10.2 Å². The Kier molecular flexibility index (Phi) is 5.38. The minimum absolute atomic E-state index is 0.130. The molecule has 0 saturated carbocycles. The lowest BCUT2D eigenvalue weighted by molar-refractivity contribution is -0.118. The number of ether oxygens (including phenoxy) is 3. The van der Waals surface area contributed by atoms with Crippen LogP contribution in [-0.4, -0.2) is 29.5 Å². The molecule has 0 fully saturated rings. The van der Waals surface area contributed by atoms with E-state index in [1.165, 1.54) is 16.9 Å². The fraction of sp³-hybridized carbons (Fsp3) is 0.250. The standard InChI is InChI=1S/C20H19N3O4S/c1-13(14-5-3-2-4-6-14)9-19-22-23-20(28-19)21-18(24)11-25-15-7-8-16-17(10-15)27-12-26-16/h2-8,10,13H,9,11-12H2,1H3,(H,21,23,24)/t13-/m1/s1. The van der Waals surface area contributed by atoms with E-state index < -0.39 is 0 Å². The molecule has 1 aliphatic heterocycles. The Morgan fingerprint density at radius 1 is 1.18 bits per heavy atom. The molecule has 4 rings (SSSR count). The number of carbonyl (C=O) groups excluding carboxylic acids is 1. The van der Waals surface area contributed by atoms with Crippen LogP contribution in [0.5, 0.6) is 17.2 Å². The first kappa shape index (κ1) is 18.2. The molecule has 2 heterocycles. The van der Waals surface area contributed by atoms with Crippen LogP contribution in [0.2, 0.25) is 0 Å². The Morgan fingerprint density at radius 2 is 2.00 bits per heavy atom. The van der Waals surface area contributed by atoms with Crippen LogP contribution in [0.3, 0.4) is 0 Å². The largest absolute Gasteiger partial charge is 0.484 e. The molecule has 1 atom stereocenters. The average Bonchev–Trinajstić information content (AvgIpc) is 3.36. The summed E-state index contributed by atoms with van der Waals surface area (Å²) in [5.74, 6) is 1.85. The highest BCUT2D eigenvalue weighted by atomic mass is 32.1. The lowest BCUT2D eigenvalue weighted by Crippen LogP contribution is -2.20. The average molecular weight is 397 g/mol. The predicted octanol–water partition coefficient (Wildman–Crippen LogP) is 3.63. The number of fused-ring (bicyclic) bond motifs is 1. The number of amides is 1. The number of rotatable bonds is 7. The second-order valence-corrected chi connectivity index (χ2v) is 7.43. The first-order chi connectivity index (χ1) is 13.7. The van der Waals surface area contributed by atoms with E-state index in [1.54, 1.807) is 18.2 Å². The molecule has 0 unspecified atom stereocenters. The first-order valence-corrected chi connectivity index (χ1v) is 9.68. The molecule has 8 heteroatoms. The van der Waals surface area contributed by atoms with E-state index in [0.717, 1.165) is 11.4 Å². The Labute approximate surface area is 166 Å². The minimum atomic E-state index is -0.295. The fourth-order valence-electron chi connectivity index (χ4n) is 2.82. The van der Waals surface area contributed by atoms with Crippen LogP contribution in [0, 0.1) is 0 Å². The van der Waals surface area contributed by atoms with Crippen molar-refractivity contribution in [3.8, 4) is 17.2 Å². The van der Waals surface area contributed by atoms with E-state index in [2.05, 4.69) is 34.6 Å². The van der Waals surface area contributed by atoms with Crippen LogP contribution in [0.25, 0.3) is 0 Å². The Bertz CT molecular complexity index is 961. The molecule has 1 aliphatic rings. The molecule has 0 bridgehead atoms. The number of hydrogen-bond donors (Lipinski definition) is 1. The number of nitrogens with zero attached hydrogens (tertiary/aromatic N) is 2. The summed E-state index contributed by atoms with van der Waals surface area (Å²) < 4.78 is 16.0. The van der Waals surface area contributed by atoms with Crippen molar-refractivity contribution in [2.24, 2.45) is 0 Å². The van der Waals surface area contributed by atoms with Gasteiger partial charge in [-0.25, -0.2) is 0 Å². The summed E-state index contributed by atoms with van der Waals surface area (Å²) >= 11 is 1.38. The Balaban J connectivity index is 1.28. The molecule has 0 radical (unpaired) electrons. The van der Waals surface area contributed by atoms with Gasteiger partial charge in [-0.3, -0.25) is 10.1 Å². The Hall–Kier alpha value is -3.13. The maximum Gasteiger partial charge on any atom is 0.264 e. The van der Waals surface area contributed by atoms with Gasteiger partial charge in [0, 0.05) is 12.5 Å². The number of hydrogen-bond acceptors (Lipinski definition) is 7. The van der Waals surface area contributed by atoms with E-state index in [-0.39, 0.29) is 19.3 Å². The van der Waals surface area contributed by atoms with Crippen molar-refractivity contribution in [2.45, 2.75) is 19.3 Å². The van der Waals surface area contributed by atoms with Crippen molar-refractivity contribution in [3.63, 3.8) is 0 Å². The van der Waals surface area contributed by atoms with E-state index >= 15 is 0 Å². The topological polar surface area (TPSA) is 82.6 Å². The molecule has 1 N–H and O–H groups in total. The van der Waals surface area contributed by atoms with Crippen LogP contribution in [0.1, 0.15) is 23.4 Å². The van der Waals surface area contributed by atoms with Gasteiger partial charge in [0.1, 0.15) is 10.8 Å². The number of nitrogens with one attached hydrogen (secondary N) is 1. The molecule has 1 aromatic heterocycles. The number of aromatic nitrogens is 2. The van der Waals surface area contributed by atoms with E-state index in [0.29, 0.717) is 28.3 Å². The molecule has 144 valence electrons. The fourth-order valence-corrected chi connectivity index (χ4v) is 3.70. The second kappa shape index (κ2) is 8.26. The smallest absolute Gasteiger partial charge is 0.264 e. The molecule has 7 nitrogen and oxygen atoms in total. The molecule has 2 aromatic carbocycles. The van der Waals surface area contributed by atoms with Gasteiger partial charge in [-0.2, -0.15) is 0 Å². The highest BCUT2D eigenvalue weighted by Gasteiger charge is 2.15. The van der Waals surface area contributed by atoms with Crippen LogP contribution in [-0.2, 0) is 11.2 Å². The zero-order chi connectivity index (χ0) is 19.3. The van der Waals surface area contributed by atoms with Gasteiger partial charge in [-0.05, 0) is 23.6 Å². The molecular formula is C20H19N3O4S. The summed E-state index contributed by atoms with van der Waals surface area (Å²) in [4.78, 5) is 12.1. The van der Waals surface area contributed by atoms with Gasteiger partial charge in [-0.1, -0.05) is 48.6 Å². The van der Waals surface area contributed by atoms with Crippen LogP contribution in [0.4, 0.5) is 5.13 Å². The third kappa shape index (κ3) is 4.40. The lowest BCUT2D eigenvalue weighted by atomic mass is 9.98. The van der Waals surface area contributed by atoms with E-state index in [4.69, 9.17) is 14.2 Å². The zero-order valence-electron chi connectivity index (χ0n) is 15.3. The van der Waals surface area contributed by atoms with Gasteiger partial charge in [0.2, 0.25) is 11.9 Å². The number of anilines is 1. The number of carbonyl (C=O) groups is 1. The number of benzene rings is 2. The summed E-state index contributed by atoms with van der Waals surface area (Å²) in [5.41, 5.74) is 1.25. The highest BCUT2D eigenvalue weighted by molar-refractivity contribution is 7.15. The third-order valence-corrected chi connectivity index (χ3v) is 5.14. The zero-order valence-corrected chi connectivity index (χ0v) is 16.1. The van der Waals surface area contributed by atoms with Crippen molar-refractivity contribution in [2.75, 3.05) is 18.7 Å². The van der Waals surface area contributed by atoms with Crippen LogP contribution < -0.4 is 19.5 Å². The summed E-state index contributed by atoms with van der Waals surface area (Å²) in [7, 11) is 0. The lowest BCUT2D eigenvalue weighted by Gasteiger charge is -2.08. The summed E-state index contributed by atoms with van der Waals surface area (Å²) in [5, 5.41) is 12.3. The van der Waals surface area contributed by atoms with Crippen molar-refractivity contribution in [3.05, 3.63) is 59.1 Å². The van der Waals surface area contributed by atoms with Crippen molar-refractivity contribution < 1.29 is 19.0 Å². The molecule has 0 saturated heterocycles. The Morgan fingerprint density at radius 3 is 2.86 bits per heavy atom. The van der Waals surface area contributed by atoms with E-state index in [1.807, 2.05) is 18.2 Å². The monoisotopic (exact) mass is 397 g/mol. The maximum atomic E-state index is 12.1. The van der Waals surface area contributed by atoms with Gasteiger partial charge >= 0.3 is 0 Å². The maximum absolute atomic E-state index is 12.1. The quantitative estimate of drug-likeness (QED) is 0.656. The normalized spacial score (nSPS) is 13.2. The SMILES string of the molecule is C[C@H](Cc1nnc(NC(=O)COc2ccc3c(c2)OCO3)s1)c1ccccc1. The van der Waals surface area contributed by atoms with Gasteiger partial charge in [-0.15, -0.1) is 10.2 Å². The summed E-state index contributed by atoms with van der Waals surface area (Å²) in [6, 6.07) is 15.4. The van der Waals surface area contributed by atoms with Crippen LogP contribution >= 0.6 is 11.3 Å². The first-order valence-electron chi connectivity index (χ1n) is 8.87. The highest BCUT2D eigenvalue weighted by Crippen LogP contribution is 2.35. The predicted molar refractivity (Wildman–Crippen MR) is 105 cm³/mol. The molecule has 28 heavy (non-hydrogen) atoms. The van der Waals surface area contributed by atoms with Gasteiger partial charge in [0.25, 0.3) is 5.91 Å². The minimum Gasteiger partial charge on any atom is -0.484 e. The van der Waals surface area contributed by atoms with Gasteiger partial charge in [0.15, 0.2) is 18.1 Å². The summed E-state index contributed by atoms with van der Waals surface area (Å²) in [6.07, 6.45) is 0.769. The van der Waals surface area contributed by atoms with Gasteiger partial charge < -0.3 is 14.2 Å². The van der Waals surface area contributed by atoms with Crippen molar-refractivity contribution >= 4 is 22.4 Å². The van der Waals surface area contributed by atoms with E-state index in [9.17, 15) is 4.79 Å². The summed E-state index contributed by atoms with van der Waals surface area (Å²) in [6.45, 7) is 2.21. The molecule has 0 spiro atoms. The van der Waals surface area contributed by atoms with Gasteiger partial charge in [0.05, 0.1) is 0 Å². The van der Waals surface area contributed by atoms with Crippen molar-refractivity contribution in [1.29, 1.82) is 0 Å².